The van der Waals surface area contributed by atoms with Crippen LogP contribution in [0.2, 0.25) is 0 Å². The molecule has 5 heteroatoms. The molecular weight excluding hydrogens is 256 g/mol. The van der Waals surface area contributed by atoms with E-state index in [1.54, 1.807) is 13.0 Å². The lowest BCUT2D eigenvalue weighted by atomic mass is 9.99. The molecule has 2 N–H and O–H groups in total. The Morgan fingerprint density at radius 2 is 2.25 bits per heavy atom. The lowest BCUT2D eigenvalue weighted by Gasteiger charge is -2.21. The third kappa shape index (κ3) is 3.16. The Kier molecular flexibility index (Phi) is 4.73. The van der Waals surface area contributed by atoms with Gasteiger partial charge in [0.05, 0.1) is 11.0 Å². The number of benzene rings is 1. The normalized spacial score (nSPS) is 23.8. The second-order valence-corrected chi connectivity index (χ2v) is 5.64. The van der Waals surface area contributed by atoms with E-state index in [-0.39, 0.29) is 22.8 Å². The Hall–Kier alpha value is -1.46. The molecule has 0 unspecified atom stereocenters. The van der Waals surface area contributed by atoms with Crippen LogP contribution in [-0.2, 0) is 0 Å². The van der Waals surface area contributed by atoms with Crippen LogP contribution in [-0.4, -0.2) is 22.7 Å². The van der Waals surface area contributed by atoms with E-state index in [9.17, 15) is 15.2 Å². The maximum atomic E-state index is 11.0. The van der Waals surface area contributed by atoms with Gasteiger partial charge in [-0.2, -0.15) is 0 Å². The van der Waals surface area contributed by atoms with Gasteiger partial charge in [-0.3, -0.25) is 10.1 Å². The fraction of sp³-hybridized carbons (Fsp3) is 0.600. The maximum Gasteiger partial charge on any atom is 0.272 e. The van der Waals surface area contributed by atoms with E-state index in [2.05, 4.69) is 5.32 Å². The predicted octanol–water partition coefficient (Wildman–Crippen LogP) is 2.71. The van der Waals surface area contributed by atoms with Gasteiger partial charge in [0, 0.05) is 24.2 Å². The summed E-state index contributed by atoms with van der Waals surface area (Å²) in [6, 6.07) is 5.23. The molecule has 2 rings (SSSR count). The summed E-state index contributed by atoms with van der Waals surface area (Å²) in [7, 11) is 0. The van der Waals surface area contributed by atoms with Crippen molar-refractivity contribution in [2.75, 3.05) is 6.54 Å². The highest BCUT2D eigenvalue weighted by Crippen LogP contribution is 2.28. The number of nitro groups is 1. The van der Waals surface area contributed by atoms with Gasteiger partial charge in [-0.25, -0.2) is 0 Å². The monoisotopic (exact) mass is 278 g/mol. The molecule has 0 amide bonds. The second-order valence-electron chi connectivity index (χ2n) is 5.64. The number of aliphatic hydroxyl groups excluding tert-OH is 1. The van der Waals surface area contributed by atoms with Crippen LogP contribution >= 0.6 is 0 Å². The van der Waals surface area contributed by atoms with Crippen molar-refractivity contribution in [2.45, 2.75) is 45.3 Å². The van der Waals surface area contributed by atoms with Gasteiger partial charge in [0.2, 0.25) is 0 Å². The Balaban J connectivity index is 2.03. The highest BCUT2D eigenvalue weighted by molar-refractivity contribution is 5.45. The highest BCUT2D eigenvalue weighted by atomic mass is 16.6. The van der Waals surface area contributed by atoms with Gasteiger partial charge in [-0.05, 0) is 38.2 Å². The summed E-state index contributed by atoms with van der Waals surface area (Å²) in [6.07, 6.45) is 2.81. The quantitative estimate of drug-likeness (QED) is 0.641. The van der Waals surface area contributed by atoms with Gasteiger partial charge >= 0.3 is 0 Å². The Morgan fingerprint density at radius 3 is 2.85 bits per heavy atom. The molecule has 1 fully saturated rings. The zero-order valence-corrected chi connectivity index (χ0v) is 12.0. The van der Waals surface area contributed by atoms with Crippen LogP contribution in [0.4, 0.5) is 5.69 Å². The molecule has 20 heavy (non-hydrogen) atoms. The summed E-state index contributed by atoms with van der Waals surface area (Å²) in [6.45, 7) is 4.55. The minimum Gasteiger partial charge on any atom is -0.393 e. The summed E-state index contributed by atoms with van der Waals surface area (Å²) in [5.74, 6) is 0.302. The molecule has 5 nitrogen and oxygen atoms in total. The van der Waals surface area contributed by atoms with Crippen molar-refractivity contribution in [2.24, 2.45) is 5.92 Å². The van der Waals surface area contributed by atoms with E-state index in [1.165, 1.54) is 6.07 Å². The summed E-state index contributed by atoms with van der Waals surface area (Å²) >= 11 is 0. The first-order valence-corrected chi connectivity index (χ1v) is 7.16. The van der Waals surface area contributed by atoms with Gasteiger partial charge in [-0.15, -0.1) is 0 Å². The SMILES string of the molecule is Cc1c([C@H](C)NC[C@@H]2CCC[C@@H]2O)cccc1[N+](=O)[O-]. The average molecular weight is 278 g/mol. The molecule has 0 saturated heterocycles. The highest BCUT2D eigenvalue weighted by Gasteiger charge is 2.25. The van der Waals surface area contributed by atoms with Crippen molar-refractivity contribution in [1.29, 1.82) is 0 Å². The first kappa shape index (κ1) is 14.9. The number of nitro benzene ring substituents is 1. The van der Waals surface area contributed by atoms with E-state index in [0.717, 1.165) is 31.4 Å². The molecule has 1 aromatic rings. The van der Waals surface area contributed by atoms with Crippen LogP contribution in [0.3, 0.4) is 0 Å². The molecule has 110 valence electrons. The van der Waals surface area contributed by atoms with Crippen LogP contribution in [0.25, 0.3) is 0 Å². The Labute approximate surface area is 119 Å². The molecule has 3 atom stereocenters. The summed E-state index contributed by atoms with van der Waals surface area (Å²) < 4.78 is 0. The zero-order chi connectivity index (χ0) is 14.7. The molecule has 1 saturated carbocycles. The van der Waals surface area contributed by atoms with Crippen LogP contribution in [0.5, 0.6) is 0 Å². The van der Waals surface area contributed by atoms with Gasteiger partial charge in [0.15, 0.2) is 0 Å². The van der Waals surface area contributed by atoms with Crippen molar-refractivity contribution < 1.29 is 10.0 Å². The molecular formula is C15H22N2O3. The molecule has 0 aliphatic heterocycles. The van der Waals surface area contributed by atoms with E-state index < -0.39 is 0 Å². The minimum atomic E-state index is -0.341. The van der Waals surface area contributed by atoms with E-state index in [1.807, 2.05) is 13.0 Å². The average Bonchev–Trinajstić information content (AvgIpc) is 2.81. The number of rotatable bonds is 5. The predicted molar refractivity (Wildman–Crippen MR) is 77.6 cm³/mol. The topological polar surface area (TPSA) is 75.4 Å². The van der Waals surface area contributed by atoms with E-state index in [4.69, 9.17) is 0 Å². The Bertz CT molecular complexity index is 490. The third-order valence-electron chi connectivity index (χ3n) is 4.32. The van der Waals surface area contributed by atoms with Crippen LogP contribution in [0.1, 0.15) is 43.4 Å². The van der Waals surface area contributed by atoms with Crippen LogP contribution in [0, 0.1) is 23.0 Å². The molecule has 1 aromatic carbocycles. The van der Waals surface area contributed by atoms with Gasteiger partial charge in [0.1, 0.15) is 0 Å². The van der Waals surface area contributed by atoms with E-state index in [0.29, 0.717) is 11.5 Å². The fourth-order valence-electron chi connectivity index (χ4n) is 3.00. The van der Waals surface area contributed by atoms with Crippen molar-refractivity contribution in [1.82, 2.24) is 5.32 Å². The van der Waals surface area contributed by atoms with Crippen LogP contribution in [0.15, 0.2) is 18.2 Å². The summed E-state index contributed by atoms with van der Waals surface area (Å²) in [5.41, 5.74) is 1.83. The first-order valence-electron chi connectivity index (χ1n) is 7.16. The molecule has 0 spiro atoms. The summed E-state index contributed by atoms with van der Waals surface area (Å²) in [4.78, 5) is 10.6. The smallest absolute Gasteiger partial charge is 0.272 e. The number of hydrogen-bond donors (Lipinski definition) is 2. The van der Waals surface area contributed by atoms with Crippen molar-refractivity contribution >= 4 is 5.69 Å². The number of aliphatic hydroxyl groups is 1. The number of nitrogens with one attached hydrogen (secondary N) is 1. The van der Waals surface area contributed by atoms with Gasteiger partial charge in [0.25, 0.3) is 5.69 Å². The lowest BCUT2D eigenvalue weighted by molar-refractivity contribution is -0.385. The minimum absolute atomic E-state index is 0.0442. The van der Waals surface area contributed by atoms with Gasteiger partial charge < -0.3 is 10.4 Å². The molecule has 1 aliphatic carbocycles. The zero-order valence-electron chi connectivity index (χ0n) is 12.0. The van der Waals surface area contributed by atoms with Crippen molar-refractivity contribution in [3.8, 4) is 0 Å². The molecule has 0 aromatic heterocycles. The standard InChI is InChI=1S/C15H22N2O3/c1-10-13(6-4-7-14(10)17(19)20)11(2)16-9-12-5-3-8-15(12)18/h4,6-7,11-12,15-16,18H,3,5,8-9H2,1-2H3/t11-,12-,15-/m0/s1. The third-order valence-corrected chi connectivity index (χ3v) is 4.32. The maximum absolute atomic E-state index is 11.0. The Morgan fingerprint density at radius 1 is 1.50 bits per heavy atom. The molecule has 0 bridgehead atoms. The van der Waals surface area contributed by atoms with Crippen LogP contribution < -0.4 is 5.32 Å². The van der Waals surface area contributed by atoms with Crippen molar-refractivity contribution in [3.05, 3.63) is 39.4 Å². The summed E-state index contributed by atoms with van der Waals surface area (Å²) in [5, 5.41) is 24.2. The van der Waals surface area contributed by atoms with Crippen molar-refractivity contribution in [3.63, 3.8) is 0 Å². The first-order chi connectivity index (χ1) is 9.50. The molecule has 1 aliphatic rings. The fourth-order valence-corrected chi connectivity index (χ4v) is 3.00. The largest absolute Gasteiger partial charge is 0.393 e. The second kappa shape index (κ2) is 6.33. The number of nitrogens with zero attached hydrogens (tertiary/aromatic N) is 1. The lowest BCUT2D eigenvalue weighted by Crippen LogP contribution is -2.30. The molecule has 0 radical (unpaired) electrons. The van der Waals surface area contributed by atoms with Gasteiger partial charge in [-0.1, -0.05) is 18.6 Å². The molecule has 0 heterocycles. The number of hydrogen-bond acceptors (Lipinski definition) is 4. The van der Waals surface area contributed by atoms with E-state index >= 15 is 0 Å².